The molecule has 0 saturated heterocycles. The summed E-state index contributed by atoms with van der Waals surface area (Å²) in [5.41, 5.74) is 2.08. The van der Waals surface area contributed by atoms with Gasteiger partial charge in [0.15, 0.2) is 0 Å². The fraction of sp³-hybridized carbons (Fsp3) is 0.333. The molecule has 5 unspecified atom stereocenters. The molecule has 4 aromatic rings. The molecule has 2 aliphatic rings. The molecule has 2 fully saturated rings. The van der Waals surface area contributed by atoms with Crippen molar-refractivity contribution in [2.45, 2.75) is 43.7 Å². The van der Waals surface area contributed by atoms with E-state index in [4.69, 9.17) is 14.7 Å². The third-order valence-electron chi connectivity index (χ3n) is 7.42. The number of para-hydroxylation sites is 1. The Morgan fingerprint density at radius 1 is 1.13 bits per heavy atom. The minimum Gasteiger partial charge on any atom is -0.465 e. The summed E-state index contributed by atoms with van der Waals surface area (Å²) in [6.07, 6.45) is -1.65. The molecule has 2 aliphatic carbocycles. The van der Waals surface area contributed by atoms with Crippen LogP contribution in [0.3, 0.4) is 0 Å². The maximum Gasteiger partial charge on any atom is 0.337 e. The first-order valence-electron chi connectivity index (χ1n) is 12.3. The number of nitrogens with zero attached hydrogens (tertiary/aromatic N) is 3. The van der Waals surface area contributed by atoms with Crippen LogP contribution in [0.4, 0.5) is 11.8 Å². The van der Waals surface area contributed by atoms with E-state index >= 15 is 0 Å². The van der Waals surface area contributed by atoms with Gasteiger partial charge in [0.2, 0.25) is 5.95 Å². The molecular formula is C27H27N5O5S. The van der Waals surface area contributed by atoms with Crippen molar-refractivity contribution in [3.63, 3.8) is 0 Å². The van der Waals surface area contributed by atoms with E-state index < -0.39 is 29.8 Å². The van der Waals surface area contributed by atoms with Crippen LogP contribution in [0.2, 0.25) is 0 Å². The number of carbonyl (C=O) groups is 1. The van der Waals surface area contributed by atoms with Gasteiger partial charge in [-0.25, -0.2) is 14.8 Å². The van der Waals surface area contributed by atoms with E-state index in [0.717, 1.165) is 20.8 Å². The Morgan fingerprint density at radius 3 is 2.68 bits per heavy atom. The molecule has 0 radical (unpaired) electrons. The fourth-order valence-corrected chi connectivity index (χ4v) is 6.36. The third kappa shape index (κ3) is 4.08. The highest BCUT2D eigenvalue weighted by molar-refractivity contribution is 7.21. The molecule has 196 valence electrons. The molecule has 2 aromatic carbocycles. The van der Waals surface area contributed by atoms with E-state index in [9.17, 15) is 20.1 Å². The van der Waals surface area contributed by atoms with Crippen molar-refractivity contribution in [2.24, 2.45) is 5.92 Å². The average molecular weight is 534 g/mol. The molecule has 6 rings (SSSR count). The van der Waals surface area contributed by atoms with E-state index in [1.807, 2.05) is 37.3 Å². The van der Waals surface area contributed by atoms with E-state index in [1.54, 1.807) is 18.2 Å². The number of esters is 1. The van der Waals surface area contributed by atoms with Crippen LogP contribution in [-0.2, 0) is 11.3 Å². The Labute approximate surface area is 222 Å². The number of hydrogen-bond donors (Lipinski definition) is 5. The second kappa shape index (κ2) is 9.28. The molecule has 2 saturated carbocycles. The fourth-order valence-electron chi connectivity index (χ4n) is 5.30. The molecule has 11 heteroatoms. The van der Waals surface area contributed by atoms with Gasteiger partial charge < -0.3 is 30.7 Å². The van der Waals surface area contributed by atoms with Crippen LogP contribution in [0.5, 0.6) is 0 Å². The summed E-state index contributed by atoms with van der Waals surface area (Å²) in [5, 5.41) is 38.6. The van der Waals surface area contributed by atoms with Gasteiger partial charge >= 0.3 is 5.97 Å². The number of aryl methyl sites for hydroxylation is 1. The van der Waals surface area contributed by atoms with Crippen molar-refractivity contribution in [3.8, 4) is 10.6 Å². The number of rotatable bonds is 7. The molecule has 0 spiro atoms. The first kappa shape index (κ1) is 24.7. The zero-order valence-corrected chi connectivity index (χ0v) is 21.6. The number of aliphatic hydroxyl groups excluding tert-OH is 2. The highest BCUT2D eigenvalue weighted by atomic mass is 32.1. The van der Waals surface area contributed by atoms with Crippen molar-refractivity contribution in [1.29, 1.82) is 0 Å². The van der Waals surface area contributed by atoms with E-state index in [1.165, 1.54) is 18.4 Å². The van der Waals surface area contributed by atoms with Crippen molar-refractivity contribution in [3.05, 3.63) is 65.4 Å². The second-order valence-corrected chi connectivity index (χ2v) is 10.8. The quantitative estimate of drug-likeness (QED) is 0.224. The number of aromatic nitrogens is 3. The Hall–Kier alpha value is -3.64. The van der Waals surface area contributed by atoms with Gasteiger partial charge in [0.05, 0.1) is 46.3 Å². The minimum absolute atomic E-state index is 0.356. The maximum atomic E-state index is 11.9. The minimum atomic E-state index is -1.48. The number of aliphatic hydroxyl groups is 3. The lowest BCUT2D eigenvalue weighted by molar-refractivity contribution is -0.0262. The summed E-state index contributed by atoms with van der Waals surface area (Å²) >= 11 is 1.52. The topological polar surface area (TPSA) is 150 Å². The molecule has 38 heavy (non-hydrogen) atoms. The van der Waals surface area contributed by atoms with Crippen LogP contribution in [-0.4, -0.2) is 67.2 Å². The summed E-state index contributed by atoms with van der Waals surface area (Å²) in [4.78, 5) is 26.1. The number of benzene rings is 2. The van der Waals surface area contributed by atoms with Gasteiger partial charge in [0.1, 0.15) is 22.5 Å². The number of ether oxygens (including phenoxy) is 1. The van der Waals surface area contributed by atoms with E-state index in [0.29, 0.717) is 41.6 Å². The smallest absolute Gasteiger partial charge is 0.337 e. The monoisotopic (exact) mass is 533 g/mol. The molecular weight excluding hydrogens is 506 g/mol. The van der Waals surface area contributed by atoms with Crippen LogP contribution in [0.15, 0.2) is 48.5 Å². The SMILES string of the molecule is COC(=O)c1cccc(CNc2nc(C)c(-c3nc4ccccc4s3)c(NC3CC4C(O)C4(O)C3O)n2)c1. The zero-order chi connectivity index (χ0) is 26.6. The number of hydrogen-bond acceptors (Lipinski definition) is 11. The lowest BCUT2D eigenvalue weighted by Crippen LogP contribution is -2.42. The lowest BCUT2D eigenvalue weighted by atomic mass is 10.1. The zero-order valence-electron chi connectivity index (χ0n) is 20.8. The van der Waals surface area contributed by atoms with Gasteiger partial charge in [-0.05, 0) is 43.2 Å². The van der Waals surface area contributed by atoms with Crippen molar-refractivity contribution < 1.29 is 24.9 Å². The predicted molar refractivity (Wildman–Crippen MR) is 143 cm³/mol. The highest BCUT2D eigenvalue weighted by Crippen LogP contribution is 2.56. The second-order valence-electron chi connectivity index (χ2n) is 9.76. The number of fused-ring (bicyclic) bond motifs is 2. The first-order valence-corrected chi connectivity index (χ1v) is 13.1. The van der Waals surface area contributed by atoms with Crippen LogP contribution >= 0.6 is 11.3 Å². The summed E-state index contributed by atoms with van der Waals surface area (Å²) in [7, 11) is 1.34. The van der Waals surface area contributed by atoms with Crippen LogP contribution in [0, 0.1) is 12.8 Å². The molecule has 2 heterocycles. The molecule has 2 aromatic heterocycles. The maximum absolute atomic E-state index is 11.9. The van der Waals surface area contributed by atoms with Gasteiger partial charge in [-0.2, -0.15) is 4.98 Å². The molecule has 0 bridgehead atoms. The Balaban J connectivity index is 1.32. The number of thiazole rings is 1. The Kier molecular flexibility index (Phi) is 6.03. The van der Waals surface area contributed by atoms with Crippen LogP contribution < -0.4 is 10.6 Å². The van der Waals surface area contributed by atoms with Crippen molar-refractivity contribution >= 4 is 39.3 Å². The Morgan fingerprint density at radius 2 is 1.95 bits per heavy atom. The highest BCUT2D eigenvalue weighted by Gasteiger charge is 2.74. The molecule has 0 aliphatic heterocycles. The molecule has 5 atom stereocenters. The molecule has 0 amide bonds. The van der Waals surface area contributed by atoms with E-state index in [-0.39, 0.29) is 5.92 Å². The van der Waals surface area contributed by atoms with Gasteiger partial charge in [0.25, 0.3) is 0 Å². The van der Waals surface area contributed by atoms with E-state index in [2.05, 4.69) is 15.6 Å². The van der Waals surface area contributed by atoms with Crippen LogP contribution in [0.25, 0.3) is 20.8 Å². The third-order valence-corrected chi connectivity index (χ3v) is 8.47. The van der Waals surface area contributed by atoms with Gasteiger partial charge in [-0.3, -0.25) is 0 Å². The largest absolute Gasteiger partial charge is 0.465 e. The van der Waals surface area contributed by atoms with Crippen molar-refractivity contribution in [2.75, 3.05) is 17.7 Å². The predicted octanol–water partition coefficient (Wildman–Crippen LogP) is 2.73. The number of carbonyl (C=O) groups excluding carboxylic acids is 1. The number of methoxy groups -OCH3 is 1. The lowest BCUT2D eigenvalue weighted by Gasteiger charge is -2.25. The molecule has 10 nitrogen and oxygen atoms in total. The van der Waals surface area contributed by atoms with Crippen molar-refractivity contribution in [1.82, 2.24) is 15.0 Å². The number of anilines is 2. The van der Waals surface area contributed by atoms with Gasteiger partial charge in [-0.1, -0.05) is 24.3 Å². The Bertz CT molecular complexity index is 1510. The normalized spacial score (nSPS) is 25.7. The van der Waals surface area contributed by atoms with Crippen LogP contribution in [0.1, 0.15) is 28.0 Å². The number of nitrogens with one attached hydrogen (secondary N) is 2. The summed E-state index contributed by atoms with van der Waals surface area (Å²) in [6.45, 7) is 2.24. The average Bonchev–Trinajstić information content (AvgIpc) is 3.20. The standard InChI is InChI=1S/C27H27N5O5S/c1-13-20(24-31-17-8-3-4-9-19(17)38-24)23(30-18-11-16-21(33)27(16,36)22(18)34)32-26(29-13)28-12-14-6-5-7-15(10-14)25(35)37-2/h3-10,16,18,21-22,33-34,36H,11-12H2,1-2H3,(H2,28,29,30,32). The summed E-state index contributed by atoms with van der Waals surface area (Å²) in [5.74, 6) is 0.0506. The first-order chi connectivity index (χ1) is 18.3. The van der Waals surface area contributed by atoms with Gasteiger partial charge in [-0.15, -0.1) is 11.3 Å². The molecule has 5 N–H and O–H groups in total. The summed E-state index contributed by atoms with van der Waals surface area (Å²) in [6, 6.07) is 14.4. The summed E-state index contributed by atoms with van der Waals surface area (Å²) < 4.78 is 5.84. The van der Waals surface area contributed by atoms with Gasteiger partial charge in [0, 0.05) is 12.5 Å².